The summed E-state index contributed by atoms with van der Waals surface area (Å²) in [5, 5.41) is 13.1. The van der Waals surface area contributed by atoms with Crippen molar-refractivity contribution in [3.63, 3.8) is 0 Å². The van der Waals surface area contributed by atoms with Crippen LogP contribution in [0.15, 0.2) is 29.4 Å². The number of aryl methyl sites for hydroxylation is 2. The number of aromatic nitrogens is 5. The Bertz CT molecular complexity index is 1060. The van der Waals surface area contributed by atoms with Gasteiger partial charge in [0, 0.05) is 18.8 Å². The molecule has 1 aromatic carbocycles. The van der Waals surface area contributed by atoms with Crippen molar-refractivity contribution in [2.75, 3.05) is 32.4 Å². The Morgan fingerprint density at radius 3 is 2.52 bits per heavy atom. The van der Waals surface area contributed by atoms with Gasteiger partial charge >= 0.3 is 0 Å². The summed E-state index contributed by atoms with van der Waals surface area (Å²) in [5.41, 5.74) is 2.71. The van der Waals surface area contributed by atoms with Gasteiger partial charge in [0.05, 0.1) is 25.7 Å². The van der Waals surface area contributed by atoms with Crippen LogP contribution in [0.1, 0.15) is 23.9 Å². The van der Waals surface area contributed by atoms with Crippen molar-refractivity contribution in [3.05, 3.63) is 41.2 Å². The van der Waals surface area contributed by atoms with Gasteiger partial charge in [0.25, 0.3) is 5.95 Å². The van der Waals surface area contributed by atoms with Crippen LogP contribution in [0.25, 0.3) is 5.95 Å². The van der Waals surface area contributed by atoms with Crippen molar-refractivity contribution in [1.29, 1.82) is 0 Å². The maximum absolute atomic E-state index is 12.8. The van der Waals surface area contributed by atoms with Gasteiger partial charge in [-0.2, -0.15) is 5.10 Å². The number of hydrogen-bond donors (Lipinski definition) is 1. The number of nitrogens with two attached hydrogens (primary N) is 1. The Labute approximate surface area is 185 Å². The minimum absolute atomic E-state index is 0.0297. The molecule has 166 valence electrons. The summed E-state index contributed by atoms with van der Waals surface area (Å²) in [6, 6.07) is 7.55. The van der Waals surface area contributed by atoms with Crippen molar-refractivity contribution in [2.45, 2.75) is 32.5 Å². The second-order valence-electron chi connectivity index (χ2n) is 6.88. The number of ether oxygens (including phenoxy) is 2. The van der Waals surface area contributed by atoms with Crippen LogP contribution in [-0.2, 0) is 11.3 Å². The third-order valence-corrected chi connectivity index (χ3v) is 5.65. The lowest BCUT2D eigenvalue weighted by Gasteiger charge is -2.21. The summed E-state index contributed by atoms with van der Waals surface area (Å²) >= 11 is 1.24. The highest BCUT2D eigenvalue weighted by atomic mass is 32.2. The normalized spacial score (nSPS) is 10.9. The summed E-state index contributed by atoms with van der Waals surface area (Å²) in [7, 11) is 3.18. The molecule has 0 saturated heterocycles. The molecule has 0 aliphatic carbocycles. The van der Waals surface area contributed by atoms with E-state index in [4.69, 9.17) is 15.3 Å². The molecule has 1 amide bonds. The molecule has 0 radical (unpaired) electrons. The lowest BCUT2D eigenvalue weighted by molar-refractivity contribution is -0.128. The molecule has 2 N–H and O–H groups in total. The molecule has 2 aromatic heterocycles. The number of benzene rings is 1. The molecule has 0 saturated carbocycles. The van der Waals surface area contributed by atoms with Crippen LogP contribution in [-0.4, -0.2) is 62.0 Å². The van der Waals surface area contributed by atoms with E-state index in [9.17, 15) is 4.79 Å². The molecule has 0 fully saturated rings. The van der Waals surface area contributed by atoms with Crippen LogP contribution >= 0.6 is 11.8 Å². The predicted octanol–water partition coefficient (Wildman–Crippen LogP) is 1.95. The molecule has 0 aliphatic heterocycles. The number of amides is 1. The number of carbonyl (C=O) groups is 1. The Morgan fingerprint density at radius 1 is 1.16 bits per heavy atom. The zero-order valence-corrected chi connectivity index (χ0v) is 19.1. The molecule has 0 spiro atoms. The predicted molar refractivity (Wildman–Crippen MR) is 118 cm³/mol. The van der Waals surface area contributed by atoms with Crippen LogP contribution < -0.4 is 15.3 Å². The number of nitrogen functional groups attached to an aromatic ring is 1. The van der Waals surface area contributed by atoms with Gasteiger partial charge in [-0.3, -0.25) is 4.79 Å². The van der Waals surface area contributed by atoms with E-state index in [0.29, 0.717) is 35.7 Å². The first-order chi connectivity index (χ1) is 14.9. The number of rotatable bonds is 9. The van der Waals surface area contributed by atoms with E-state index in [1.165, 1.54) is 16.4 Å². The molecule has 3 aromatic rings. The molecular weight excluding hydrogens is 418 g/mol. The van der Waals surface area contributed by atoms with E-state index in [1.54, 1.807) is 23.8 Å². The zero-order chi connectivity index (χ0) is 22.5. The van der Waals surface area contributed by atoms with Crippen LogP contribution in [0.5, 0.6) is 11.5 Å². The Morgan fingerprint density at radius 2 is 1.90 bits per heavy atom. The van der Waals surface area contributed by atoms with Crippen molar-refractivity contribution in [1.82, 2.24) is 29.6 Å². The topological polar surface area (TPSA) is 113 Å². The van der Waals surface area contributed by atoms with Gasteiger partial charge in [0.1, 0.15) is 0 Å². The van der Waals surface area contributed by atoms with E-state index >= 15 is 0 Å². The summed E-state index contributed by atoms with van der Waals surface area (Å²) < 4.78 is 13.6. The average Bonchev–Trinajstić information content (AvgIpc) is 3.30. The molecule has 3 rings (SSSR count). The number of carbonyl (C=O) groups excluding carboxylic acids is 1. The van der Waals surface area contributed by atoms with Gasteiger partial charge in [0.2, 0.25) is 11.1 Å². The molecule has 11 heteroatoms. The van der Waals surface area contributed by atoms with Crippen molar-refractivity contribution < 1.29 is 14.3 Å². The van der Waals surface area contributed by atoms with Crippen molar-refractivity contribution in [3.8, 4) is 17.4 Å². The molecule has 31 heavy (non-hydrogen) atoms. The molecule has 0 aliphatic rings. The maximum Gasteiger partial charge on any atom is 0.271 e. The van der Waals surface area contributed by atoms with Crippen molar-refractivity contribution >= 4 is 17.7 Å². The summed E-state index contributed by atoms with van der Waals surface area (Å²) in [6.07, 6.45) is 0. The largest absolute Gasteiger partial charge is 0.493 e. The molecule has 10 nitrogen and oxygen atoms in total. The fraction of sp³-hybridized carbons (Fsp3) is 0.400. The molecule has 0 unspecified atom stereocenters. The van der Waals surface area contributed by atoms with Crippen LogP contribution in [0.4, 0.5) is 0 Å². The van der Waals surface area contributed by atoms with E-state index in [2.05, 4.69) is 15.3 Å². The fourth-order valence-electron chi connectivity index (χ4n) is 3.14. The smallest absolute Gasteiger partial charge is 0.271 e. The SMILES string of the molecule is CCN(Cc1ccc(OC)c(OC)c1)C(=O)CSc1nnc(-n2nc(C)cc2C)n1N. The standard InChI is InChI=1S/C20H27N7O3S/c1-6-25(11-15-7-8-16(29-4)17(10-15)30-5)18(28)12-31-20-23-22-19(26(20)21)27-14(3)9-13(2)24-27/h7-10H,6,11-12,21H2,1-5H3. The molecule has 0 atom stereocenters. The number of methoxy groups -OCH3 is 2. The highest BCUT2D eigenvalue weighted by Crippen LogP contribution is 2.28. The Hall–Kier alpha value is -3.21. The summed E-state index contributed by atoms with van der Waals surface area (Å²) in [6.45, 7) is 6.78. The van der Waals surface area contributed by atoms with Crippen LogP contribution in [0, 0.1) is 13.8 Å². The van der Waals surface area contributed by atoms with Gasteiger partial charge in [0.15, 0.2) is 11.5 Å². The van der Waals surface area contributed by atoms with Gasteiger partial charge in [-0.1, -0.05) is 17.8 Å². The fourth-order valence-corrected chi connectivity index (χ4v) is 3.89. The van der Waals surface area contributed by atoms with E-state index in [1.807, 2.05) is 45.0 Å². The van der Waals surface area contributed by atoms with Crippen LogP contribution in [0.3, 0.4) is 0 Å². The Balaban J connectivity index is 1.66. The summed E-state index contributed by atoms with van der Waals surface area (Å²) in [4.78, 5) is 14.6. The van der Waals surface area contributed by atoms with Gasteiger partial charge in [-0.05, 0) is 44.5 Å². The highest BCUT2D eigenvalue weighted by Gasteiger charge is 2.19. The minimum Gasteiger partial charge on any atom is -0.493 e. The van der Waals surface area contributed by atoms with Gasteiger partial charge < -0.3 is 20.2 Å². The number of hydrogen-bond acceptors (Lipinski definition) is 8. The number of nitrogens with zero attached hydrogens (tertiary/aromatic N) is 6. The average molecular weight is 446 g/mol. The first-order valence-electron chi connectivity index (χ1n) is 9.73. The van der Waals surface area contributed by atoms with Gasteiger partial charge in [-0.15, -0.1) is 10.2 Å². The third-order valence-electron chi connectivity index (χ3n) is 4.73. The minimum atomic E-state index is -0.0297. The monoisotopic (exact) mass is 445 g/mol. The second kappa shape index (κ2) is 9.73. The molecule has 2 heterocycles. The van der Waals surface area contributed by atoms with E-state index < -0.39 is 0 Å². The van der Waals surface area contributed by atoms with Gasteiger partial charge in [-0.25, -0.2) is 9.36 Å². The summed E-state index contributed by atoms with van der Waals surface area (Å²) in [5.74, 6) is 7.99. The lowest BCUT2D eigenvalue weighted by atomic mass is 10.2. The quantitative estimate of drug-likeness (QED) is 0.393. The second-order valence-corrected chi connectivity index (χ2v) is 7.82. The van der Waals surface area contributed by atoms with Crippen LogP contribution in [0.2, 0.25) is 0 Å². The lowest BCUT2D eigenvalue weighted by Crippen LogP contribution is -2.32. The maximum atomic E-state index is 12.8. The van der Waals surface area contributed by atoms with E-state index in [-0.39, 0.29) is 11.7 Å². The highest BCUT2D eigenvalue weighted by molar-refractivity contribution is 7.99. The first kappa shape index (κ1) is 22.5. The number of thioether (sulfide) groups is 1. The van der Waals surface area contributed by atoms with E-state index in [0.717, 1.165) is 17.0 Å². The van der Waals surface area contributed by atoms with Crippen molar-refractivity contribution in [2.24, 2.45) is 0 Å². The third kappa shape index (κ3) is 4.93. The first-order valence-corrected chi connectivity index (χ1v) is 10.7. The molecular formula is C20H27N7O3S. The zero-order valence-electron chi connectivity index (χ0n) is 18.3. The Kier molecular flexibility index (Phi) is 7.06. The molecule has 0 bridgehead atoms.